The predicted octanol–water partition coefficient (Wildman–Crippen LogP) is 7.35. The first-order valence-electron chi connectivity index (χ1n) is 13.3. The summed E-state index contributed by atoms with van der Waals surface area (Å²) >= 11 is 5.86. The minimum atomic E-state index is -0.101. The van der Waals surface area contributed by atoms with Gasteiger partial charge in [0.1, 0.15) is 11.6 Å². The van der Waals surface area contributed by atoms with Crippen LogP contribution in [-0.2, 0) is 17.8 Å². The number of imidazole rings is 1. The number of amides is 1. The van der Waals surface area contributed by atoms with E-state index in [0.717, 1.165) is 37.7 Å². The number of carbonyl (C=O) groups is 1. The van der Waals surface area contributed by atoms with Gasteiger partial charge in [0.05, 0.1) is 11.0 Å². The zero-order valence-corrected chi connectivity index (χ0v) is 21.9. The molecule has 2 aromatic carbocycles. The Kier molecular flexibility index (Phi) is 12.0. The van der Waals surface area contributed by atoms with Gasteiger partial charge in [0.2, 0.25) is 0 Å². The number of halogens is 1. The number of aryl methyl sites for hydroxylation is 2. The van der Waals surface area contributed by atoms with Gasteiger partial charge < -0.3 is 14.6 Å². The Bertz CT molecular complexity index is 1020. The van der Waals surface area contributed by atoms with E-state index in [2.05, 4.69) is 41.1 Å². The molecular weight excluding hydrogens is 458 g/mol. The monoisotopic (exact) mass is 497 g/mol. The van der Waals surface area contributed by atoms with Crippen LogP contribution in [0.1, 0.15) is 77.0 Å². The lowest BCUT2D eigenvalue weighted by molar-refractivity contribution is -0.123. The zero-order valence-electron chi connectivity index (χ0n) is 21.1. The van der Waals surface area contributed by atoms with E-state index in [1.165, 1.54) is 56.3 Å². The van der Waals surface area contributed by atoms with Gasteiger partial charge >= 0.3 is 0 Å². The topological polar surface area (TPSA) is 56.2 Å². The van der Waals surface area contributed by atoms with Crippen LogP contribution in [0.2, 0.25) is 5.02 Å². The number of para-hydroxylation sites is 2. The first-order chi connectivity index (χ1) is 17.2. The maximum Gasteiger partial charge on any atom is 0.257 e. The average molecular weight is 498 g/mol. The maximum absolute atomic E-state index is 12.0. The third-order valence-electron chi connectivity index (χ3n) is 6.30. The Hall–Kier alpha value is -2.53. The van der Waals surface area contributed by atoms with E-state index in [0.29, 0.717) is 17.3 Å². The minimum Gasteiger partial charge on any atom is -0.484 e. The molecule has 190 valence electrons. The molecule has 3 rings (SSSR count). The molecule has 0 radical (unpaired) electrons. The van der Waals surface area contributed by atoms with Crippen LogP contribution in [0.25, 0.3) is 11.0 Å². The predicted molar refractivity (Wildman–Crippen MR) is 145 cm³/mol. The van der Waals surface area contributed by atoms with E-state index >= 15 is 0 Å². The zero-order chi connectivity index (χ0) is 24.7. The quantitative estimate of drug-likeness (QED) is 0.198. The van der Waals surface area contributed by atoms with Crippen LogP contribution in [0.15, 0.2) is 48.5 Å². The van der Waals surface area contributed by atoms with Crippen LogP contribution >= 0.6 is 11.6 Å². The molecule has 3 aromatic rings. The van der Waals surface area contributed by atoms with Crippen LogP contribution in [0.5, 0.6) is 5.75 Å². The summed E-state index contributed by atoms with van der Waals surface area (Å²) < 4.78 is 7.91. The van der Waals surface area contributed by atoms with E-state index in [4.69, 9.17) is 21.3 Å². The second-order valence-electron chi connectivity index (χ2n) is 9.19. The number of carbonyl (C=O) groups excluding carboxylic acids is 1. The Morgan fingerprint density at radius 3 is 2.43 bits per heavy atom. The summed E-state index contributed by atoms with van der Waals surface area (Å²) in [6, 6.07) is 15.5. The molecule has 0 aliphatic rings. The van der Waals surface area contributed by atoms with Crippen LogP contribution in [0.4, 0.5) is 0 Å². The lowest BCUT2D eigenvalue weighted by Crippen LogP contribution is -2.29. The van der Waals surface area contributed by atoms with Crippen LogP contribution < -0.4 is 10.1 Å². The van der Waals surface area contributed by atoms with Crippen LogP contribution in [-0.4, -0.2) is 28.6 Å². The minimum absolute atomic E-state index is 0.0181. The van der Waals surface area contributed by atoms with Gasteiger partial charge in [0.25, 0.3) is 5.91 Å². The Balaban J connectivity index is 1.35. The number of aromatic nitrogens is 2. The van der Waals surface area contributed by atoms with Crippen molar-refractivity contribution in [2.24, 2.45) is 0 Å². The lowest BCUT2D eigenvalue weighted by atomic mass is 10.1. The van der Waals surface area contributed by atoms with Gasteiger partial charge in [0, 0.05) is 24.5 Å². The highest BCUT2D eigenvalue weighted by molar-refractivity contribution is 6.30. The van der Waals surface area contributed by atoms with Crippen molar-refractivity contribution in [1.82, 2.24) is 14.9 Å². The average Bonchev–Trinajstić information content (AvgIpc) is 3.22. The van der Waals surface area contributed by atoms with Crippen molar-refractivity contribution in [1.29, 1.82) is 0 Å². The van der Waals surface area contributed by atoms with Gasteiger partial charge in [-0.1, -0.05) is 75.6 Å². The van der Waals surface area contributed by atoms with Crippen LogP contribution in [0, 0.1) is 0 Å². The molecular formula is C29H40ClN3O2. The van der Waals surface area contributed by atoms with Crippen molar-refractivity contribution in [3.05, 3.63) is 59.4 Å². The molecule has 0 aliphatic heterocycles. The second kappa shape index (κ2) is 15.5. The summed E-state index contributed by atoms with van der Waals surface area (Å²) in [5, 5.41) is 3.59. The number of benzene rings is 2. The number of nitrogens with one attached hydrogen (secondary N) is 1. The first kappa shape index (κ1) is 27.1. The highest BCUT2D eigenvalue weighted by Crippen LogP contribution is 2.19. The number of rotatable bonds is 17. The normalized spacial score (nSPS) is 11.1. The van der Waals surface area contributed by atoms with Crippen molar-refractivity contribution >= 4 is 28.5 Å². The Labute approximate surface area is 215 Å². The van der Waals surface area contributed by atoms with E-state index < -0.39 is 0 Å². The molecule has 0 aliphatic carbocycles. The van der Waals surface area contributed by atoms with Gasteiger partial charge in [-0.25, -0.2) is 4.98 Å². The van der Waals surface area contributed by atoms with Crippen LogP contribution in [0.3, 0.4) is 0 Å². The lowest BCUT2D eigenvalue weighted by Gasteiger charge is -2.10. The number of hydrogen-bond acceptors (Lipinski definition) is 3. The number of unbranched alkanes of at least 4 members (excludes halogenated alkanes) is 8. The van der Waals surface area contributed by atoms with Crippen molar-refractivity contribution in [3.63, 3.8) is 0 Å². The Morgan fingerprint density at radius 2 is 1.63 bits per heavy atom. The second-order valence-corrected chi connectivity index (χ2v) is 9.63. The summed E-state index contributed by atoms with van der Waals surface area (Å²) in [4.78, 5) is 16.9. The third-order valence-corrected chi connectivity index (χ3v) is 6.55. The molecule has 0 saturated carbocycles. The molecule has 0 fully saturated rings. The van der Waals surface area contributed by atoms with Gasteiger partial charge in [-0.15, -0.1) is 0 Å². The summed E-state index contributed by atoms with van der Waals surface area (Å²) in [6.07, 6.45) is 13.3. The number of fused-ring (bicyclic) bond motifs is 1. The van der Waals surface area contributed by atoms with Crippen molar-refractivity contribution in [2.45, 2.75) is 84.1 Å². The Morgan fingerprint density at radius 1 is 0.914 bits per heavy atom. The molecule has 35 heavy (non-hydrogen) atoms. The largest absolute Gasteiger partial charge is 0.484 e. The molecule has 0 unspecified atom stereocenters. The van der Waals surface area contributed by atoms with Crippen molar-refractivity contribution < 1.29 is 9.53 Å². The fraction of sp³-hybridized carbons (Fsp3) is 0.517. The number of nitrogens with zero attached hydrogens (tertiary/aromatic N) is 2. The van der Waals surface area contributed by atoms with Crippen molar-refractivity contribution in [2.75, 3.05) is 13.2 Å². The van der Waals surface area contributed by atoms with E-state index in [1.54, 1.807) is 24.3 Å². The molecule has 1 heterocycles. The fourth-order valence-electron chi connectivity index (χ4n) is 4.34. The molecule has 1 amide bonds. The van der Waals surface area contributed by atoms with Gasteiger partial charge in [0.15, 0.2) is 6.61 Å². The highest BCUT2D eigenvalue weighted by Gasteiger charge is 2.10. The summed E-state index contributed by atoms with van der Waals surface area (Å²) in [5.74, 6) is 1.73. The standard InChI is InChI=1S/C29H40ClN3O2/c1-2-3-4-5-6-7-13-22-33-27-15-11-10-14-26(27)32-28(33)16-9-8-12-21-31-29(34)23-35-25-19-17-24(30)18-20-25/h10-11,14-15,17-20H,2-9,12-13,16,21-23H2,1H3,(H,31,34). The molecule has 0 spiro atoms. The van der Waals surface area contributed by atoms with Crippen molar-refractivity contribution in [3.8, 4) is 5.75 Å². The molecule has 5 nitrogen and oxygen atoms in total. The third kappa shape index (κ3) is 9.56. The smallest absolute Gasteiger partial charge is 0.257 e. The molecule has 0 saturated heterocycles. The van der Waals surface area contributed by atoms with E-state index in [-0.39, 0.29) is 12.5 Å². The molecule has 1 N–H and O–H groups in total. The molecule has 6 heteroatoms. The number of ether oxygens (including phenoxy) is 1. The molecule has 1 aromatic heterocycles. The SMILES string of the molecule is CCCCCCCCCn1c(CCCCCNC(=O)COc2ccc(Cl)cc2)nc2ccccc21. The highest BCUT2D eigenvalue weighted by atomic mass is 35.5. The van der Waals surface area contributed by atoms with E-state index in [1.807, 2.05) is 0 Å². The van der Waals surface area contributed by atoms with Gasteiger partial charge in [-0.3, -0.25) is 4.79 Å². The summed E-state index contributed by atoms with van der Waals surface area (Å²) in [5.41, 5.74) is 2.35. The summed E-state index contributed by atoms with van der Waals surface area (Å²) in [6.45, 7) is 4.00. The fourth-order valence-corrected chi connectivity index (χ4v) is 4.46. The number of hydrogen-bond donors (Lipinski definition) is 1. The van der Waals surface area contributed by atoms with Gasteiger partial charge in [-0.05, 0) is 55.7 Å². The maximum atomic E-state index is 12.0. The van der Waals surface area contributed by atoms with Gasteiger partial charge in [-0.2, -0.15) is 0 Å². The first-order valence-corrected chi connectivity index (χ1v) is 13.6. The molecule has 0 atom stereocenters. The van der Waals surface area contributed by atoms with E-state index in [9.17, 15) is 4.79 Å². The summed E-state index contributed by atoms with van der Waals surface area (Å²) in [7, 11) is 0. The molecule has 0 bridgehead atoms.